The minimum Gasteiger partial charge on any atom is -0.493 e. The standard InChI is InChI=1S/C15H19ClO/c16-14-9-2-1-7-12(14)13-8-3-5-11-6-4-10-17-15(11)13/h3,5,8,12,14H,1-2,4,6-7,9-10H2. The first kappa shape index (κ1) is 11.4. The van der Waals surface area contributed by atoms with Gasteiger partial charge >= 0.3 is 0 Å². The molecular weight excluding hydrogens is 232 g/mol. The van der Waals surface area contributed by atoms with Crippen LogP contribution in [0.5, 0.6) is 5.75 Å². The third-order valence-electron chi connectivity index (χ3n) is 4.04. The van der Waals surface area contributed by atoms with Crippen molar-refractivity contribution in [3.05, 3.63) is 29.3 Å². The zero-order chi connectivity index (χ0) is 11.7. The fourth-order valence-electron chi connectivity index (χ4n) is 3.14. The van der Waals surface area contributed by atoms with Crippen molar-refractivity contribution >= 4 is 11.6 Å². The van der Waals surface area contributed by atoms with Gasteiger partial charge in [-0.25, -0.2) is 0 Å². The third-order valence-corrected chi connectivity index (χ3v) is 4.57. The van der Waals surface area contributed by atoms with E-state index < -0.39 is 0 Å². The maximum Gasteiger partial charge on any atom is 0.125 e. The minimum absolute atomic E-state index is 0.292. The lowest BCUT2D eigenvalue weighted by Crippen LogP contribution is -2.20. The molecule has 1 nitrogen and oxygen atoms in total. The van der Waals surface area contributed by atoms with Crippen molar-refractivity contribution in [1.82, 2.24) is 0 Å². The second kappa shape index (κ2) is 4.89. The lowest BCUT2D eigenvalue weighted by Gasteiger charge is -2.30. The van der Waals surface area contributed by atoms with E-state index in [1.54, 1.807) is 0 Å². The second-order valence-corrected chi connectivity index (χ2v) is 5.76. The predicted octanol–water partition coefficient (Wildman–Crippen LogP) is 4.28. The van der Waals surface area contributed by atoms with E-state index >= 15 is 0 Å². The molecule has 2 unspecified atom stereocenters. The minimum atomic E-state index is 0.292. The molecule has 1 aliphatic carbocycles. The Bertz CT molecular complexity index is 402. The molecule has 0 amide bonds. The van der Waals surface area contributed by atoms with E-state index in [4.69, 9.17) is 16.3 Å². The van der Waals surface area contributed by atoms with Crippen LogP contribution < -0.4 is 4.74 Å². The Morgan fingerprint density at radius 3 is 2.88 bits per heavy atom. The molecule has 3 rings (SSSR count). The summed E-state index contributed by atoms with van der Waals surface area (Å²) < 4.78 is 5.90. The quantitative estimate of drug-likeness (QED) is 0.676. The second-order valence-electron chi connectivity index (χ2n) is 5.19. The summed E-state index contributed by atoms with van der Waals surface area (Å²) >= 11 is 6.50. The van der Waals surface area contributed by atoms with Crippen LogP contribution in [-0.2, 0) is 6.42 Å². The molecule has 0 bridgehead atoms. The maximum atomic E-state index is 6.50. The van der Waals surface area contributed by atoms with Crippen molar-refractivity contribution in [3.63, 3.8) is 0 Å². The number of benzene rings is 1. The van der Waals surface area contributed by atoms with E-state index in [1.165, 1.54) is 30.4 Å². The molecule has 0 N–H and O–H groups in total. The molecule has 1 aromatic rings. The van der Waals surface area contributed by atoms with Gasteiger partial charge in [-0.05, 0) is 36.8 Å². The van der Waals surface area contributed by atoms with Gasteiger partial charge in [0.05, 0.1) is 6.61 Å². The van der Waals surface area contributed by atoms with E-state index in [9.17, 15) is 0 Å². The molecule has 2 heteroatoms. The summed E-state index contributed by atoms with van der Waals surface area (Å²) in [5.74, 6) is 1.65. The summed E-state index contributed by atoms with van der Waals surface area (Å²) in [5.41, 5.74) is 2.74. The summed E-state index contributed by atoms with van der Waals surface area (Å²) in [6.07, 6.45) is 7.25. The summed E-state index contributed by atoms with van der Waals surface area (Å²) in [7, 11) is 0. The van der Waals surface area contributed by atoms with Gasteiger partial charge < -0.3 is 4.74 Å². The number of aryl methyl sites for hydroxylation is 1. The van der Waals surface area contributed by atoms with Crippen LogP contribution in [-0.4, -0.2) is 12.0 Å². The van der Waals surface area contributed by atoms with E-state index in [0.717, 1.165) is 31.6 Å². The molecule has 1 saturated carbocycles. The van der Waals surface area contributed by atoms with Gasteiger partial charge in [0.1, 0.15) is 5.75 Å². The number of alkyl halides is 1. The van der Waals surface area contributed by atoms with Crippen LogP contribution in [0, 0.1) is 0 Å². The first-order chi connectivity index (χ1) is 8.36. The van der Waals surface area contributed by atoms with Crippen molar-refractivity contribution in [3.8, 4) is 5.75 Å². The number of rotatable bonds is 1. The molecule has 92 valence electrons. The van der Waals surface area contributed by atoms with Crippen LogP contribution in [0.15, 0.2) is 18.2 Å². The van der Waals surface area contributed by atoms with Crippen LogP contribution in [0.4, 0.5) is 0 Å². The number of halogens is 1. The molecule has 0 spiro atoms. The molecule has 0 saturated heterocycles. The number of hydrogen-bond acceptors (Lipinski definition) is 1. The highest BCUT2D eigenvalue weighted by Crippen LogP contribution is 2.42. The van der Waals surface area contributed by atoms with E-state index in [0.29, 0.717) is 11.3 Å². The van der Waals surface area contributed by atoms with E-state index in [-0.39, 0.29) is 0 Å². The SMILES string of the molecule is ClC1CCCCC1c1cccc2c1OCCC2. The van der Waals surface area contributed by atoms with E-state index in [1.807, 2.05) is 0 Å². The lowest BCUT2D eigenvalue weighted by molar-refractivity contribution is 0.280. The maximum absolute atomic E-state index is 6.50. The fraction of sp³-hybridized carbons (Fsp3) is 0.600. The number of fused-ring (bicyclic) bond motifs is 1. The summed E-state index contributed by atoms with van der Waals surface area (Å²) in [4.78, 5) is 0. The van der Waals surface area contributed by atoms with Crippen LogP contribution in [0.2, 0.25) is 0 Å². The van der Waals surface area contributed by atoms with Crippen LogP contribution in [0.1, 0.15) is 49.1 Å². The Balaban J connectivity index is 1.96. The van der Waals surface area contributed by atoms with Gasteiger partial charge in [0.15, 0.2) is 0 Å². The number of hydrogen-bond donors (Lipinski definition) is 0. The topological polar surface area (TPSA) is 9.23 Å². The monoisotopic (exact) mass is 250 g/mol. The molecule has 1 aliphatic heterocycles. The molecule has 0 aromatic heterocycles. The third kappa shape index (κ3) is 2.18. The average Bonchev–Trinajstić information content (AvgIpc) is 2.39. The molecule has 17 heavy (non-hydrogen) atoms. The lowest BCUT2D eigenvalue weighted by atomic mass is 9.82. The van der Waals surface area contributed by atoms with Crippen molar-refractivity contribution in [2.24, 2.45) is 0 Å². The Morgan fingerprint density at radius 2 is 2.00 bits per heavy atom. The molecule has 2 atom stereocenters. The van der Waals surface area contributed by atoms with Gasteiger partial charge in [0.2, 0.25) is 0 Å². The van der Waals surface area contributed by atoms with Crippen LogP contribution >= 0.6 is 11.6 Å². The number of ether oxygens (including phenoxy) is 1. The predicted molar refractivity (Wildman–Crippen MR) is 71.1 cm³/mol. The van der Waals surface area contributed by atoms with Crippen LogP contribution in [0.3, 0.4) is 0 Å². The molecule has 1 heterocycles. The molecule has 0 radical (unpaired) electrons. The largest absolute Gasteiger partial charge is 0.493 e. The summed E-state index contributed by atoms with van der Waals surface area (Å²) in [6, 6.07) is 6.58. The first-order valence-corrected chi connectivity index (χ1v) is 7.18. The average molecular weight is 251 g/mol. The Morgan fingerprint density at radius 1 is 1.12 bits per heavy atom. The zero-order valence-electron chi connectivity index (χ0n) is 10.1. The first-order valence-electron chi connectivity index (χ1n) is 6.75. The van der Waals surface area contributed by atoms with Crippen molar-refractivity contribution in [2.75, 3.05) is 6.61 Å². The van der Waals surface area contributed by atoms with Gasteiger partial charge in [0.25, 0.3) is 0 Å². The molecule has 2 aliphatic rings. The Labute approximate surface area is 108 Å². The normalized spacial score (nSPS) is 28.3. The Hall–Kier alpha value is -0.690. The summed E-state index contributed by atoms with van der Waals surface area (Å²) in [5, 5.41) is 0.292. The summed E-state index contributed by atoms with van der Waals surface area (Å²) in [6.45, 7) is 0.865. The highest BCUT2D eigenvalue weighted by atomic mass is 35.5. The molecular formula is C15H19ClO. The van der Waals surface area contributed by atoms with Crippen molar-refractivity contribution in [1.29, 1.82) is 0 Å². The fourth-order valence-corrected chi connectivity index (χ4v) is 3.56. The van der Waals surface area contributed by atoms with Gasteiger partial charge in [0, 0.05) is 11.3 Å². The van der Waals surface area contributed by atoms with Gasteiger partial charge in [-0.3, -0.25) is 0 Å². The van der Waals surface area contributed by atoms with Crippen LogP contribution in [0.25, 0.3) is 0 Å². The Kier molecular flexibility index (Phi) is 3.28. The molecule has 1 aromatic carbocycles. The van der Waals surface area contributed by atoms with Gasteiger partial charge in [-0.15, -0.1) is 11.6 Å². The highest BCUT2D eigenvalue weighted by molar-refractivity contribution is 6.21. The molecule has 1 fully saturated rings. The van der Waals surface area contributed by atoms with Crippen molar-refractivity contribution < 1.29 is 4.74 Å². The van der Waals surface area contributed by atoms with Crippen molar-refractivity contribution in [2.45, 2.75) is 49.8 Å². The zero-order valence-corrected chi connectivity index (χ0v) is 10.9. The van der Waals surface area contributed by atoms with Gasteiger partial charge in [-0.1, -0.05) is 31.0 Å². The number of para-hydroxylation sites is 1. The van der Waals surface area contributed by atoms with Gasteiger partial charge in [-0.2, -0.15) is 0 Å². The van der Waals surface area contributed by atoms with E-state index in [2.05, 4.69) is 18.2 Å². The smallest absolute Gasteiger partial charge is 0.125 e. The highest BCUT2D eigenvalue weighted by Gasteiger charge is 2.28.